The minimum Gasteiger partial charge on any atom is -0.469 e. The molecule has 0 bridgehead atoms. The summed E-state index contributed by atoms with van der Waals surface area (Å²) in [6, 6.07) is 0. The van der Waals surface area contributed by atoms with Gasteiger partial charge in [0.05, 0.1) is 24.7 Å². The number of aliphatic hydroxyl groups excluding tert-OH is 3. The van der Waals surface area contributed by atoms with E-state index >= 15 is 0 Å². The van der Waals surface area contributed by atoms with Crippen molar-refractivity contribution in [3.05, 3.63) is 11.6 Å². The second-order valence-corrected chi connectivity index (χ2v) is 20.2. The zero-order valence-electron chi connectivity index (χ0n) is 33.8. The van der Waals surface area contributed by atoms with Gasteiger partial charge in [0.1, 0.15) is 18.3 Å². The lowest BCUT2D eigenvalue weighted by Gasteiger charge is -2.71. The Balaban J connectivity index is 1.22. The van der Waals surface area contributed by atoms with E-state index in [1.165, 1.54) is 7.11 Å². The number of amides is 1. The molecule has 0 radical (unpaired) electrons. The Bertz CT molecular complexity index is 1380. The molecular formula is C43H71NO8. The Morgan fingerprint density at radius 2 is 1.58 bits per heavy atom. The molecule has 1 heterocycles. The third-order valence-corrected chi connectivity index (χ3v) is 16.7. The summed E-state index contributed by atoms with van der Waals surface area (Å²) < 4.78 is 17.3. The fraction of sp³-hybridized carbons (Fsp3) is 0.907. The number of fused-ring (bicyclic) bond motifs is 7. The molecule has 0 aromatic heterocycles. The number of aliphatic hydroxyl groups is 3. The molecule has 13 atom stereocenters. The van der Waals surface area contributed by atoms with Gasteiger partial charge in [0.15, 0.2) is 6.29 Å². The van der Waals surface area contributed by atoms with Crippen LogP contribution in [0.3, 0.4) is 0 Å². The molecule has 0 spiro atoms. The lowest BCUT2D eigenvalue weighted by molar-refractivity contribution is -0.324. The van der Waals surface area contributed by atoms with E-state index in [4.69, 9.17) is 14.2 Å². The molecule has 1 aliphatic heterocycles. The van der Waals surface area contributed by atoms with E-state index < -0.39 is 30.7 Å². The van der Waals surface area contributed by atoms with Crippen molar-refractivity contribution in [2.24, 2.45) is 50.2 Å². The van der Waals surface area contributed by atoms with Gasteiger partial charge in [-0.25, -0.2) is 0 Å². The molecule has 5 aliphatic carbocycles. The number of allylic oxidation sites excluding steroid dienone is 2. The smallest absolute Gasteiger partial charge is 0.305 e. The molecule has 0 aromatic rings. The van der Waals surface area contributed by atoms with Crippen LogP contribution in [0.15, 0.2) is 11.6 Å². The SMILES string of the molecule is COC(=O)CCCCCNC(=O)[C@]12CCC(C)(C)C[C@H]1C1=CC[C@@H]3[C@@]4(C)CC[C@H](O[C@@H]5O[C@@H](C)[C@@H](O)[C@@H](O)[C@@H]5O)C(C)(C)[C@@H]4CC[C@@]3(C)[C@]1(C)CC2. The van der Waals surface area contributed by atoms with Crippen molar-refractivity contribution in [1.82, 2.24) is 5.32 Å². The van der Waals surface area contributed by atoms with E-state index in [0.29, 0.717) is 24.8 Å². The van der Waals surface area contributed by atoms with Crippen LogP contribution in [0.2, 0.25) is 0 Å². The van der Waals surface area contributed by atoms with Gasteiger partial charge in [-0.05, 0) is 129 Å². The third kappa shape index (κ3) is 6.42. The van der Waals surface area contributed by atoms with Crippen molar-refractivity contribution < 1.29 is 39.1 Å². The number of hydrogen-bond donors (Lipinski definition) is 4. The van der Waals surface area contributed by atoms with E-state index in [9.17, 15) is 24.9 Å². The summed E-state index contributed by atoms with van der Waals surface area (Å²) >= 11 is 0. The second-order valence-electron chi connectivity index (χ2n) is 20.2. The Hall–Kier alpha value is -1.52. The molecule has 0 unspecified atom stereocenters. The first kappa shape index (κ1) is 40.2. The quantitative estimate of drug-likeness (QED) is 0.0877. The van der Waals surface area contributed by atoms with E-state index in [1.807, 2.05) is 0 Å². The molecule has 6 rings (SSSR count). The highest BCUT2D eigenvalue weighted by molar-refractivity contribution is 5.84. The van der Waals surface area contributed by atoms with Crippen molar-refractivity contribution in [3.8, 4) is 0 Å². The monoisotopic (exact) mass is 730 g/mol. The summed E-state index contributed by atoms with van der Waals surface area (Å²) in [6.45, 7) is 19.5. The number of methoxy groups -OCH3 is 1. The lowest BCUT2D eigenvalue weighted by atomic mass is 9.33. The number of carbonyl (C=O) groups is 2. The van der Waals surface area contributed by atoms with Gasteiger partial charge < -0.3 is 34.8 Å². The van der Waals surface area contributed by atoms with Crippen LogP contribution in [0.1, 0.15) is 145 Å². The Morgan fingerprint density at radius 3 is 2.29 bits per heavy atom. The number of unbranched alkanes of at least 4 members (excludes halogenated alkanes) is 2. The molecule has 6 aliphatic rings. The van der Waals surface area contributed by atoms with Crippen LogP contribution >= 0.6 is 0 Å². The van der Waals surface area contributed by atoms with Crippen molar-refractivity contribution in [2.75, 3.05) is 13.7 Å². The first-order valence-electron chi connectivity index (χ1n) is 20.7. The van der Waals surface area contributed by atoms with Gasteiger partial charge in [-0.15, -0.1) is 0 Å². The summed E-state index contributed by atoms with van der Waals surface area (Å²) in [5.41, 5.74) is 1.43. The van der Waals surface area contributed by atoms with Gasteiger partial charge >= 0.3 is 5.97 Å². The fourth-order valence-electron chi connectivity index (χ4n) is 13.2. The predicted octanol–water partition coefficient (Wildman–Crippen LogP) is 6.85. The van der Waals surface area contributed by atoms with Crippen molar-refractivity contribution in [3.63, 3.8) is 0 Å². The average molecular weight is 730 g/mol. The summed E-state index contributed by atoms with van der Waals surface area (Å²) in [5, 5.41) is 34.9. The van der Waals surface area contributed by atoms with Gasteiger partial charge in [0, 0.05) is 13.0 Å². The fourth-order valence-corrected chi connectivity index (χ4v) is 13.2. The number of rotatable bonds is 9. The van der Waals surface area contributed by atoms with Gasteiger partial charge in [-0.3, -0.25) is 9.59 Å². The molecule has 1 saturated heterocycles. The van der Waals surface area contributed by atoms with Crippen LogP contribution in [0.25, 0.3) is 0 Å². The highest BCUT2D eigenvalue weighted by atomic mass is 16.7. The Morgan fingerprint density at radius 1 is 0.865 bits per heavy atom. The average Bonchev–Trinajstić information content (AvgIpc) is 3.08. The molecule has 52 heavy (non-hydrogen) atoms. The van der Waals surface area contributed by atoms with Crippen LogP contribution in [0.5, 0.6) is 0 Å². The van der Waals surface area contributed by atoms with Gasteiger partial charge in [0.25, 0.3) is 0 Å². The second kappa shape index (κ2) is 14.2. The largest absolute Gasteiger partial charge is 0.469 e. The normalized spacial score (nSPS) is 46.4. The number of hydrogen-bond acceptors (Lipinski definition) is 8. The third-order valence-electron chi connectivity index (χ3n) is 16.7. The van der Waals surface area contributed by atoms with Gasteiger partial charge in [-0.2, -0.15) is 0 Å². The molecule has 5 fully saturated rings. The van der Waals surface area contributed by atoms with Crippen LogP contribution in [0.4, 0.5) is 0 Å². The van der Waals surface area contributed by atoms with E-state index in [-0.39, 0.29) is 56.4 Å². The zero-order chi connectivity index (χ0) is 38.1. The van der Waals surface area contributed by atoms with Crippen LogP contribution in [-0.4, -0.2) is 77.7 Å². The zero-order valence-corrected chi connectivity index (χ0v) is 33.8. The van der Waals surface area contributed by atoms with E-state index in [1.54, 1.807) is 12.5 Å². The summed E-state index contributed by atoms with van der Waals surface area (Å²) in [4.78, 5) is 25.9. The molecule has 296 valence electrons. The number of nitrogens with one attached hydrogen (secondary N) is 1. The first-order chi connectivity index (χ1) is 24.3. The van der Waals surface area contributed by atoms with Crippen LogP contribution in [0, 0.1) is 50.2 Å². The highest BCUT2D eigenvalue weighted by Crippen LogP contribution is 2.76. The highest BCUT2D eigenvalue weighted by Gasteiger charge is 2.69. The standard InChI is InChI=1S/C43H71NO8/c1-26-33(46)34(47)35(48)36(51-26)52-31-17-18-40(6)29(39(31,4)5)16-19-42(8)30(40)15-14-27-28-25-38(2,3)20-22-43(28,23-21-41(27,42)7)37(49)44-24-12-10-11-13-32(45)50-9/h14,26,28-31,33-36,46-48H,10-13,15-25H2,1-9H3,(H,44,49)/t26-,28-,29-,30+,31-,33+,34+,35-,36-,40-,41+,42+,43-/m0/s1. The van der Waals surface area contributed by atoms with Crippen LogP contribution in [-0.2, 0) is 23.8 Å². The predicted molar refractivity (Wildman–Crippen MR) is 200 cm³/mol. The number of esters is 1. The maximum Gasteiger partial charge on any atom is 0.305 e. The minimum absolute atomic E-state index is 0.0182. The summed E-state index contributed by atoms with van der Waals surface area (Å²) in [7, 11) is 1.43. The molecule has 1 amide bonds. The van der Waals surface area contributed by atoms with Gasteiger partial charge in [0.2, 0.25) is 5.91 Å². The van der Waals surface area contributed by atoms with E-state index in [0.717, 1.165) is 83.5 Å². The first-order valence-corrected chi connectivity index (χ1v) is 20.7. The molecule has 9 nitrogen and oxygen atoms in total. The topological polar surface area (TPSA) is 135 Å². The Kier molecular flexibility index (Phi) is 11.0. The number of ether oxygens (including phenoxy) is 3. The summed E-state index contributed by atoms with van der Waals surface area (Å²) in [6.07, 6.45) is 10.3. The van der Waals surface area contributed by atoms with Crippen molar-refractivity contribution >= 4 is 11.9 Å². The van der Waals surface area contributed by atoms with Crippen molar-refractivity contribution in [1.29, 1.82) is 0 Å². The molecule has 9 heteroatoms. The minimum atomic E-state index is -1.30. The van der Waals surface area contributed by atoms with Gasteiger partial charge in [-0.1, -0.05) is 66.5 Å². The molecule has 0 aromatic carbocycles. The van der Waals surface area contributed by atoms with Crippen LogP contribution < -0.4 is 5.32 Å². The molecular weight excluding hydrogens is 658 g/mol. The maximum absolute atomic E-state index is 14.4. The maximum atomic E-state index is 14.4. The molecule has 4 N–H and O–H groups in total. The lowest BCUT2D eigenvalue weighted by Crippen LogP contribution is -2.66. The Labute approximate surface area is 313 Å². The van der Waals surface area contributed by atoms with E-state index in [2.05, 4.69) is 59.9 Å². The molecule has 4 saturated carbocycles. The number of carbonyl (C=O) groups excluding carboxylic acids is 2. The summed E-state index contributed by atoms with van der Waals surface area (Å²) in [5.74, 6) is 1.24. The van der Waals surface area contributed by atoms with Crippen molar-refractivity contribution in [2.45, 2.75) is 182 Å².